The van der Waals surface area contributed by atoms with E-state index in [4.69, 9.17) is 19.9 Å². The molecule has 3 heterocycles. The van der Waals surface area contributed by atoms with Gasteiger partial charge >= 0.3 is 0 Å². The Bertz CT molecular complexity index is 851. The molecule has 1 aromatic carbocycles. The third-order valence-electron chi connectivity index (χ3n) is 6.21. The third-order valence-corrected chi connectivity index (χ3v) is 6.21. The molecule has 0 amide bonds. The second-order valence-corrected chi connectivity index (χ2v) is 8.57. The van der Waals surface area contributed by atoms with E-state index in [1.807, 2.05) is 32.2 Å². The minimum Gasteiger partial charge on any atom is -0.492 e. The standard InChI is InChI=1S/C25H37N5O3/c1-3-32-22-15-19(16-23(25(22)26)33-4-2)18-29-9-7-20(8-10-29)28-21-5-6-24(27-17-21)30-11-13-31-14-12-30/h5-6,15-17,20,28H,3-4,7-14,18,26H2,1-2H3. The minimum absolute atomic E-state index is 0.460. The van der Waals surface area contributed by atoms with Crippen LogP contribution in [0.15, 0.2) is 30.5 Å². The van der Waals surface area contributed by atoms with Crippen molar-refractivity contribution in [2.24, 2.45) is 0 Å². The predicted octanol–water partition coefficient (Wildman–Crippen LogP) is 3.37. The van der Waals surface area contributed by atoms with E-state index in [9.17, 15) is 0 Å². The Morgan fingerprint density at radius 2 is 1.70 bits per heavy atom. The fourth-order valence-corrected chi connectivity index (χ4v) is 4.48. The van der Waals surface area contributed by atoms with Crippen molar-refractivity contribution in [1.82, 2.24) is 9.88 Å². The van der Waals surface area contributed by atoms with E-state index >= 15 is 0 Å². The third kappa shape index (κ3) is 6.21. The van der Waals surface area contributed by atoms with Gasteiger partial charge in [-0.2, -0.15) is 0 Å². The summed E-state index contributed by atoms with van der Waals surface area (Å²) in [6.07, 6.45) is 4.14. The number of nitrogens with one attached hydrogen (secondary N) is 1. The minimum atomic E-state index is 0.460. The molecule has 0 aliphatic carbocycles. The van der Waals surface area contributed by atoms with Gasteiger partial charge in [0.2, 0.25) is 0 Å². The quantitative estimate of drug-likeness (QED) is 0.557. The summed E-state index contributed by atoms with van der Waals surface area (Å²) in [5, 5.41) is 3.67. The first-order chi connectivity index (χ1) is 16.2. The summed E-state index contributed by atoms with van der Waals surface area (Å²) in [4.78, 5) is 9.41. The molecule has 2 saturated heterocycles. The van der Waals surface area contributed by atoms with Gasteiger partial charge in [-0.05, 0) is 56.5 Å². The molecule has 2 fully saturated rings. The van der Waals surface area contributed by atoms with Gasteiger partial charge in [0.1, 0.15) is 23.0 Å². The Labute approximate surface area is 197 Å². The van der Waals surface area contributed by atoms with Crippen LogP contribution < -0.4 is 25.4 Å². The summed E-state index contributed by atoms with van der Waals surface area (Å²) < 4.78 is 16.9. The van der Waals surface area contributed by atoms with Crippen molar-refractivity contribution >= 4 is 17.2 Å². The highest BCUT2D eigenvalue weighted by Gasteiger charge is 2.21. The van der Waals surface area contributed by atoms with Crippen LogP contribution in [0.1, 0.15) is 32.3 Å². The number of benzene rings is 1. The van der Waals surface area contributed by atoms with Crippen LogP contribution >= 0.6 is 0 Å². The van der Waals surface area contributed by atoms with Crippen molar-refractivity contribution in [2.45, 2.75) is 39.3 Å². The number of ether oxygens (including phenoxy) is 3. The van der Waals surface area contributed by atoms with Gasteiger partial charge in [0.15, 0.2) is 0 Å². The molecule has 1 aromatic heterocycles. The van der Waals surface area contributed by atoms with Gasteiger partial charge in [-0.25, -0.2) is 4.98 Å². The molecule has 0 spiro atoms. The Hall–Kier alpha value is -2.71. The lowest BCUT2D eigenvalue weighted by atomic mass is 10.0. The van der Waals surface area contributed by atoms with Gasteiger partial charge in [0, 0.05) is 38.8 Å². The summed E-state index contributed by atoms with van der Waals surface area (Å²) in [5.74, 6) is 2.45. The molecule has 8 nitrogen and oxygen atoms in total. The second-order valence-electron chi connectivity index (χ2n) is 8.57. The highest BCUT2D eigenvalue weighted by atomic mass is 16.5. The number of piperidine rings is 1. The van der Waals surface area contributed by atoms with E-state index < -0.39 is 0 Å². The molecule has 0 saturated carbocycles. The van der Waals surface area contributed by atoms with Crippen LogP contribution in [0.2, 0.25) is 0 Å². The van der Waals surface area contributed by atoms with Crippen molar-refractivity contribution in [3.05, 3.63) is 36.0 Å². The van der Waals surface area contributed by atoms with E-state index in [2.05, 4.69) is 32.2 Å². The zero-order valence-electron chi connectivity index (χ0n) is 19.9. The number of nitrogens with two attached hydrogens (primary N) is 1. The predicted molar refractivity (Wildman–Crippen MR) is 132 cm³/mol. The molecule has 33 heavy (non-hydrogen) atoms. The summed E-state index contributed by atoms with van der Waals surface area (Å²) in [7, 11) is 0. The first-order valence-electron chi connectivity index (χ1n) is 12.1. The number of rotatable bonds is 9. The molecule has 2 aliphatic rings. The average Bonchev–Trinajstić information content (AvgIpc) is 2.84. The number of morpholine rings is 1. The summed E-state index contributed by atoms with van der Waals surface area (Å²) in [6.45, 7) is 11.4. The van der Waals surface area contributed by atoms with Gasteiger partial charge < -0.3 is 30.2 Å². The molecule has 0 atom stereocenters. The molecule has 3 N–H and O–H groups in total. The number of nitrogens with zero attached hydrogens (tertiary/aromatic N) is 3. The maximum Gasteiger partial charge on any atom is 0.146 e. The summed E-state index contributed by atoms with van der Waals surface area (Å²) >= 11 is 0. The van der Waals surface area contributed by atoms with Crippen molar-refractivity contribution < 1.29 is 14.2 Å². The number of hydrogen-bond acceptors (Lipinski definition) is 8. The number of aromatic nitrogens is 1. The van der Waals surface area contributed by atoms with E-state index in [1.54, 1.807) is 0 Å². The molecule has 0 bridgehead atoms. The van der Waals surface area contributed by atoms with E-state index in [0.29, 0.717) is 36.4 Å². The maximum absolute atomic E-state index is 6.22. The van der Waals surface area contributed by atoms with Crippen LogP contribution in [0.3, 0.4) is 0 Å². The lowest BCUT2D eigenvalue weighted by molar-refractivity contribution is 0.122. The zero-order chi connectivity index (χ0) is 23.0. The van der Waals surface area contributed by atoms with Gasteiger partial charge in [-0.15, -0.1) is 0 Å². The molecular weight excluding hydrogens is 418 g/mol. The molecular formula is C25H37N5O3. The largest absolute Gasteiger partial charge is 0.492 e. The van der Waals surface area contributed by atoms with Gasteiger partial charge in [0.05, 0.1) is 38.3 Å². The normalized spacial score (nSPS) is 17.7. The number of likely N-dealkylation sites (tertiary alicyclic amines) is 1. The molecule has 0 unspecified atom stereocenters. The first-order valence-corrected chi connectivity index (χ1v) is 12.1. The number of pyridine rings is 1. The fourth-order valence-electron chi connectivity index (χ4n) is 4.48. The average molecular weight is 456 g/mol. The Balaban J connectivity index is 1.29. The molecule has 2 aromatic rings. The Morgan fingerprint density at radius 3 is 2.27 bits per heavy atom. The topological polar surface area (TPSA) is 85.1 Å². The van der Waals surface area contributed by atoms with Crippen LogP contribution in [-0.4, -0.2) is 68.5 Å². The number of hydrogen-bond donors (Lipinski definition) is 2. The van der Waals surface area contributed by atoms with Gasteiger partial charge in [-0.3, -0.25) is 4.90 Å². The van der Waals surface area contributed by atoms with Gasteiger partial charge in [0.25, 0.3) is 0 Å². The summed E-state index contributed by atoms with van der Waals surface area (Å²) in [6, 6.07) is 8.81. The number of nitrogen functional groups attached to an aromatic ring is 1. The fraction of sp³-hybridized carbons (Fsp3) is 0.560. The smallest absolute Gasteiger partial charge is 0.146 e. The van der Waals surface area contributed by atoms with E-state index in [-0.39, 0.29) is 0 Å². The lowest BCUT2D eigenvalue weighted by Crippen LogP contribution is -2.38. The van der Waals surface area contributed by atoms with E-state index in [0.717, 1.165) is 70.3 Å². The van der Waals surface area contributed by atoms with Crippen LogP contribution in [0.5, 0.6) is 11.5 Å². The SMILES string of the molecule is CCOc1cc(CN2CCC(Nc3ccc(N4CCOCC4)nc3)CC2)cc(OCC)c1N. The monoisotopic (exact) mass is 455 g/mol. The Morgan fingerprint density at radius 1 is 1.03 bits per heavy atom. The highest BCUT2D eigenvalue weighted by Crippen LogP contribution is 2.34. The molecule has 2 aliphatic heterocycles. The molecule has 4 rings (SSSR count). The maximum atomic E-state index is 6.22. The van der Waals surface area contributed by atoms with Crippen LogP contribution in [0.4, 0.5) is 17.2 Å². The zero-order valence-corrected chi connectivity index (χ0v) is 19.9. The summed E-state index contributed by atoms with van der Waals surface area (Å²) in [5.41, 5.74) is 9.06. The van der Waals surface area contributed by atoms with Gasteiger partial charge in [-0.1, -0.05) is 0 Å². The van der Waals surface area contributed by atoms with Crippen LogP contribution in [0, 0.1) is 0 Å². The van der Waals surface area contributed by atoms with Crippen molar-refractivity contribution in [2.75, 3.05) is 68.6 Å². The molecule has 8 heteroatoms. The van der Waals surface area contributed by atoms with Crippen LogP contribution in [0.25, 0.3) is 0 Å². The van der Waals surface area contributed by atoms with Crippen LogP contribution in [-0.2, 0) is 11.3 Å². The van der Waals surface area contributed by atoms with Crippen molar-refractivity contribution in [3.63, 3.8) is 0 Å². The second kappa shape index (κ2) is 11.4. The van der Waals surface area contributed by atoms with E-state index in [1.165, 1.54) is 5.56 Å². The number of anilines is 3. The van der Waals surface area contributed by atoms with Crippen molar-refractivity contribution in [1.29, 1.82) is 0 Å². The lowest BCUT2D eigenvalue weighted by Gasteiger charge is -2.33. The first kappa shape index (κ1) is 23.4. The Kier molecular flexibility index (Phi) is 8.12. The highest BCUT2D eigenvalue weighted by molar-refractivity contribution is 5.64. The van der Waals surface area contributed by atoms with Crippen molar-refractivity contribution in [3.8, 4) is 11.5 Å². The molecule has 180 valence electrons. The molecule has 0 radical (unpaired) electrons.